The highest BCUT2D eigenvalue weighted by Crippen LogP contribution is 2.08. The Labute approximate surface area is 148 Å². The molecular formula is C20H25N3O2. The van der Waals surface area contributed by atoms with Crippen molar-refractivity contribution in [3.05, 3.63) is 40.4 Å². The van der Waals surface area contributed by atoms with Gasteiger partial charge >= 0.3 is 0 Å². The Morgan fingerprint density at radius 1 is 1.12 bits per heavy atom. The summed E-state index contributed by atoms with van der Waals surface area (Å²) in [7, 11) is 0. The molecule has 132 valence electrons. The van der Waals surface area contributed by atoms with E-state index in [9.17, 15) is 9.59 Å². The van der Waals surface area contributed by atoms with Gasteiger partial charge in [0.2, 0.25) is 5.91 Å². The third-order valence-corrected chi connectivity index (χ3v) is 4.05. The van der Waals surface area contributed by atoms with Crippen LogP contribution in [0.2, 0.25) is 0 Å². The van der Waals surface area contributed by atoms with E-state index >= 15 is 0 Å². The number of hydrogen-bond donors (Lipinski definition) is 1. The Hall–Kier alpha value is -2.52. The van der Waals surface area contributed by atoms with Crippen LogP contribution in [0.25, 0.3) is 6.08 Å². The summed E-state index contributed by atoms with van der Waals surface area (Å²) >= 11 is 0. The first-order valence-electron chi connectivity index (χ1n) is 9.02. The maximum absolute atomic E-state index is 11.9. The van der Waals surface area contributed by atoms with Gasteiger partial charge < -0.3 is 0 Å². The lowest BCUT2D eigenvalue weighted by atomic mass is 10.1. The van der Waals surface area contributed by atoms with Crippen molar-refractivity contribution in [2.24, 2.45) is 10.1 Å². The van der Waals surface area contributed by atoms with E-state index < -0.39 is 5.91 Å². The SMILES string of the molecule is CCCCCCCCCC(=O)NN=C=C1C=c2ccccc2=NC1=O. The zero-order valence-corrected chi connectivity index (χ0v) is 14.8. The van der Waals surface area contributed by atoms with Crippen LogP contribution >= 0.6 is 0 Å². The van der Waals surface area contributed by atoms with Crippen LogP contribution in [0, 0.1) is 0 Å². The zero-order chi connectivity index (χ0) is 17.9. The molecule has 1 heterocycles. The Morgan fingerprint density at radius 2 is 1.84 bits per heavy atom. The van der Waals surface area contributed by atoms with Crippen molar-refractivity contribution in [3.63, 3.8) is 0 Å². The van der Waals surface area contributed by atoms with Crippen molar-refractivity contribution >= 4 is 23.8 Å². The largest absolute Gasteiger partial charge is 0.287 e. The predicted octanol–water partition coefficient (Wildman–Crippen LogP) is 2.39. The lowest BCUT2D eigenvalue weighted by Gasteiger charge is -2.01. The first-order chi connectivity index (χ1) is 12.2. The molecule has 25 heavy (non-hydrogen) atoms. The fourth-order valence-electron chi connectivity index (χ4n) is 2.63. The summed E-state index contributed by atoms with van der Waals surface area (Å²) in [5.74, 6) is 2.03. The van der Waals surface area contributed by atoms with Gasteiger partial charge in [-0.1, -0.05) is 63.6 Å². The van der Waals surface area contributed by atoms with Crippen molar-refractivity contribution < 1.29 is 9.59 Å². The molecule has 0 saturated heterocycles. The third kappa shape index (κ3) is 6.48. The van der Waals surface area contributed by atoms with Crippen LogP contribution in [0.1, 0.15) is 58.3 Å². The molecule has 0 atom stereocenters. The summed E-state index contributed by atoms with van der Waals surface area (Å²) in [6, 6.07) is 7.35. The van der Waals surface area contributed by atoms with Crippen LogP contribution in [0.4, 0.5) is 0 Å². The van der Waals surface area contributed by atoms with E-state index in [1.54, 1.807) is 12.1 Å². The number of nitrogens with zero attached hydrogens (tertiary/aromatic N) is 2. The van der Waals surface area contributed by atoms with Crippen LogP contribution < -0.4 is 16.0 Å². The summed E-state index contributed by atoms with van der Waals surface area (Å²) in [4.78, 5) is 27.6. The normalized spacial score (nSPS) is 12.5. The standard InChI is InChI=1S/C20H25N3O2/c1-2-3-4-5-6-7-8-13-19(24)23-21-15-17-14-16-11-9-10-12-18(16)22-20(17)25/h9-12,14H,2-8,13H2,1H3,(H,23,24). The Bertz CT molecular complexity index is 789. The van der Waals surface area contributed by atoms with Gasteiger partial charge in [0.05, 0.1) is 5.36 Å². The van der Waals surface area contributed by atoms with Crippen molar-refractivity contribution in [2.45, 2.75) is 58.3 Å². The van der Waals surface area contributed by atoms with E-state index in [1.165, 1.54) is 32.1 Å². The molecule has 1 aliphatic rings. The molecule has 1 N–H and O–H groups in total. The molecule has 0 aromatic heterocycles. The van der Waals surface area contributed by atoms with Crippen LogP contribution in [0.3, 0.4) is 0 Å². The van der Waals surface area contributed by atoms with Gasteiger partial charge in [-0.15, -0.1) is 5.10 Å². The topological polar surface area (TPSA) is 70.9 Å². The number of benzene rings is 1. The van der Waals surface area contributed by atoms with Gasteiger partial charge in [0.1, 0.15) is 5.57 Å². The lowest BCUT2D eigenvalue weighted by Crippen LogP contribution is -2.30. The fraction of sp³-hybridized carbons (Fsp3) is 0.450. The number of carbonyl (C=O) groups is 2. The quantitative estimate of drug-likeness (QED) is 0.325. The smallest absolute Gasteiger partial charge is 0.273 e. The molecule has 1 aromatic carbocycles. The minimum atomic E-state index is -0.399. The zero-order valence-electron chi connectivity index (χ0n) is 14.8. The van der Waals surface area contributed by atoms with E-state index in [-0.39, 0.29) is 11.5 Å². The van der Waals surface area contributed by atoms with Crippen molar-refractivity contribution in [1.82, 2.24) is 5.43 Å². The highest BCUT2D eigenvalue weighted by atomic mass is 16.2. The maximum Gasteiger partial charge on any atom is 0.287 e. The highest BCUT2D eigenvalue weighted by molar-refractivity contribution is 6.10. The average molecular weight is 339 g/mol. The Morgan fingerprint density at radius 3 is 2.64 bits per heavy atom. The van der Waals surface area contributed by atoms with Gasteiger partial charge in [-0.2, -0.15) is 0 Å². The first kappa shape index (κ1) is 18.8. The van der Waals surface area contributed by atoms with E-state index in [4.69, 9.17) is 0 Å². The molecule has 1 aromatic rings. The minimum Gasteiger partial charge on any atom is -0.273 e. The van der Waals surface area contributed by atoms with Gasteiger partial charge in [0.25, 0.3) is 5.91 Å². The van der Waals surface area contributed by atoms with E-state index in [0.29, 0.717) is 11.8 Å². The van der Waals surface area contributed by atoms with Gasteiger partial charge in [0.15, 0.2) is 0 Å². The van der Waals surface area contributed by atoms with Gasteiger partial charge in [-0.3, -0.25) is 9.59 Å². The lowest BCUT2D eigenvalue weighted by molar-refractivity contribution is -0.121. The predicted molar refractivity (Wildman–Crippen MR) is 98.4 cm³/mol. The number of carbonyl (C=O) groups excluding carboxylic acids is 2. The monoisotopic (exact) mass is 339 g/mol. The van der Waals surface area contributed by atoms with E-state index in [0.717, 1.165) is 18.1 Å². The van der Waals surface area contributed by atoms with E-state index in [1.807, 2.05) is 18.2 Å². The number of unbranched alkanes of at least 4 members (excludes halogenated alkanes) is 6. The van der Waals surface area contributed by atoms with Crippen LogP contribution in [0.15, 0.2) is 39.9 Å². The van der Waals surface area contributed by atoms with Crippen LogP contribution in [-0.2, 0) is 9.59 Å². The summed E-state index contributed by atoms with van der Waals surface area (Å²) in [6.45, 7) is 2.20. The second-order valence-corrected chi connectivity index (χ2v) is 6.16. The molecule has 5 nitrogen and oxygen atoms in total. The third-order valence-electron chi connectivity index (χ3n) is 4.05. The van der Waals surface area contributed by atoms with Gasteiger partial charge in [-0.05, 0) is 18.6 Å². The summed E-state index contributed by atoms with van der Waals surface area (Å²) in [5.41, 5.74) is 2.67. The number of hydrazone groups is 1. The number of hydrogen-bond acceptors (Lipinski definition) is 3. The first-order valence-corrected chi connectivity index (χ1v) is 9.02. The Balaban J connectivity index is 1.78. The molecule has 2 amide bonds. The van der Waals surface area contributed by atoms with Crippen molar-refractivity contribution in [2.75, 3.05) is 0 Å². The fourth-order valence-corrected chi connectivity index (χ4v) is 2.63. The van der Waals surface area contributed by atoms with Gasteiger partial charge in [-0.25, -0.2) is 10.4 Å². The van der Waals surface area contributed by atoms with Gasteiger partial charge in [0, 0.05) is 17.5 Å². The second-order valence-electron chi connectivity index (χ2n) is 6.16. The summed E-state index contributed by atoms with van der Waals surface area (Å²) < 4.78 is 0. The maximum atomic E-state index is 11.9. The minimum absolute atomic E-state index is 0.151. The number of fused-ring (bicyclic) bond motifs is 1. The number of amides is 2. The molecule has 5 heteroatoms. The Kier molecular flexibility index (Phi) is 7.80. The number of nitrogens with one attached hydrogen (secondary N) is 1. The van der Waals surface area contributed by atoms with Crippen molar-refractivity contribution in [1.29, 1.82) is 0 Å². The molecule has 0 unspecified atom stereocenters. The molecule has 0 saturated carbocycles. The number of para-hydroxylation sites is 1. The molecular weight excluding hydrogens is 314 g/mol. The van der Waals surface area contributed by atoms with Crippen LogP contribution in [0.5, 0.6) is 0 Å². The summed E-state index contributed by atoms with van der Waals surface area (Å²) in [6.07, 6.45) is 10.3. The molecule has 0 spiro atoms. The molecule has 2 rings (SSSR count). The second kappa shape index (κ2) is 10.4. The number of rotatable bonds is 9. The van der Waals surface area contributed by atoms with E-state index in [2.05, 4.69) is 28.3 Å². The van der Waals surface area contributed by atoms with Crippen molar-refractivity contribution in [3.8, 4) is 0 Å². The average Bonchev–Trinajstić information content (AvgIpc) is 2.61. The summed E-state index contributed by atoms with van der Waals surface area (Å²) in [5, 5.41) is 5.24. The molecule has 0 bridgehead atoms. The highest BCUT2D eigenvalue weighted by Gasteiger charge is 2.09. The molecule has 0 aliphatic carbocycles. The molecule has 1 aliphatic heterocycles. The molecule has 0 fully saturated rings. The van der Waals surface area contributed by atoms with Crippen LogP contribution in [-0.4, -0.2) is 17.7 Å². The molecule has 0 radical (unpaired) electrons.